The van der Waals surface area contributed by atoms with Crippen LogP contribution in [0.25, 0.3) is 10.9 Å². The fourth-order valence-electron chi connectivity index (χ4n) is 4.79. The molecule has 0 unspecified atom stereocenters. The standard InChI is InChI=1S/C29H33F4N5O2/c1-36(2)28(39)19-10-11-25(27(15-19)40-4)34-13-6-7-20-16-21-23(35-24-12-14-37(3)17-22(24)30)8-5-9-26(21)38(20)18-29(31,32)33/h5,8-11,15-16,22,24,34-35H,12-14,17-18H2,1-4H3/t22-,24+/m1/s1. The number of rotatable bonds is 7. The molecular weight excluding hydrogens is 526 g/mol. The maximum absolute atomic E-state index is 14.7. The lowest BCUT2D eigenvalue weighted by Crippen LogP contribution is -2.46. The molecule has 2 N–H and O–H groups in total. The van der Waals surface area contributed by atoms with Crippen LogP contribution in [-0.2, 0) is 6.54 Å². The van der Waals surface area contributed by atoms with Crippen molar-refractivity contribution in [3.05, 3.63) is 53.7 Å². The number of nitrogens with one attached hydrogen (secondary N) is 2. The van der Waals surface area contributed by atoms with Crippen molar-refractivity contribution >= 4 is 28.2 Å². The van der Waals surface area contributed by atoms with E-state index in [4.69, 9.17) is 4.74 Å². The molecule has 0 radical (unpaired) electrons. The van der Waals surface area contributed by atoms with Crippen LogP contribution in [0.2, 0.25) is 0 Å². The van der Waals surface area contributed by atoms with Gasteiger partial charge in [0.05, 0.1) is 36.6 Å². The fourth-order valence-corrected chi connectivity index (χ4v) is 4.79. The molecule has 0 aliphatic carbocycles. The summed E-state index contributed by atoms with van der Waals surface area (Å²) in [4.78, 5) is 15.6. The lowest BCUT2D eigenvalue weighted by atomic mass is 10.0. The lowest BCUT2D eigenvalue weighted by Gasteiger charge is -2.33. The smallest absolute Gasteiger partial charge is 0.406 e. The van der Waals surface area contributed by atoms with Crippen molar-refractivity contribution in [1.82, 2.24) is 14.4 Å². The second kappa shape index (κ2) is 12.1. The van der Waals surface area contributed by atoms with Gasteiger partial charge in [-0.05, 0) is 55.8 Å². The minimum absolute atomic E-state index is 0.120. The van der Waals surface area contributed by atoms with Gasteiger partial charge >= 0.3 is 6.18 Å². The van der Waals surface area contributed by atoms with Crippen molar-refractivity contribution in [2.75, 3.05) is 58.5 Å². The molecule has 2 aromatic carbocycles. The first-order valence-corrected chi connectivity index (χ1v) is 12.9. The van der Waals surface area contributed by atoms with Crippen LogP contribution in [0.1, 0.15) is 22.5 Å². The zero-order valence-electron chi connectivity index (χ0n) is 22.9. The van der Waals surface area contributed by atoms with Crippen LogP contribution in [0.5, 0.6) is 5.75 Å². The lowest BCUT2D eigenvalue weighted by molar-refractivity contribution is -0.140. The first-order chi connectivity index (χ1) is 19.0. The van der Waals surface area contributed by atoms with Gasteiger partial charge in [-0.15, -0.1) is 0 Å². The van der Waals surface area contributed by atoms with Gasteiger partial charge in [-0.1, -0.05) is 12.0 Å². The third-order valence-electron chi connectivity index (χ3n) is 6.81. The Bertz CT molecular complexity index is 1420. The number of piperidine rings is 1. The number of hydrogen-bond donors (Lipinski definition) is 2. The topological polar surface area (TPSA) is 61.8 Å². The van der Waals surface area contributed by atoms with Crippen molar-refractivity contribution in [3.8, 4) is 17.6 Å². The number of benzene rings is 2. The molecule has 214 valence electrons. The van der Waals surface area contributed by atoms with Gasteiger partial charge in [0, 0.05) is 43.8 Å². The number of halogens is 4. The van der Waals surface area contributed by atoms with Gasteiger partial charge in [-0.2, -0.15) is 13.2 Å². The molecule has 40 heavy (non-hydrogen) atoms. The van der Waals surface area contributed by atoms with E-state index in [-0.39, 0.29) is 18.1 Å². The van der Waals surface area contributed by atoms with Crippen LogP contribution >= 0.6 is 0 Å². The third kappa shape index (κ3) is 6.80. The number of amides is 1. The number of methoxy groups -OCH3 is 1. The highest BCUT2D eigenvalue weighted by Gasteiger charge is 2.31. The minimum atomic E-state index is -4.46. The predicted molar refractivity (Wildman–Crippen MR) is 149 cm³/mol. The van der Waals surface area contributed by atoms with Gasteiger partial charge in [0.1, 0.15) is 18.5 Å². The summed E-state index contributed by atoms with van der Waals surface area (Å²) in [7, 11) is 6.64. The van der Waals surface area contributed by atoms with Crippen molar-refractivity contribution < 1.29 is 27.1 Å². The van der Waals surface area contributed by atoms with Gasteiger partial charge < -0.3 is 29.7 Å². The Morgan fingerprint density at radius 3 is 2.62 bits per heavy atom. The van der Waals surface area contributed by atoms with E-state index in [1.807, 2.05) is 11.9 Å². The number of carbonyl (C=O) groups is 1. The number of alkyl halides is 4. The average Bonchev–Trinajstić information content (AvgIpc) is 3.24. The van der Waals surface area contributed by atoms with E-state index >= 15 is 0 Å². The first kappa shape index (κ1) is 29.1. The average molecular weight is 560 g/mol. The molecule has 1 aromatic heterocycles. The predicted octanol–water partition coefficient (Wildman–Crippen LogP) is 4.83. The van der Waals surface area contributed by atoms with Crippen molar-refractivity contribution in [1.29, 1.82) is 0 Å². The Morgan fingerprint density at radius 1 is 1.18 bits per heavy atom. The van der Waals surface area contributed by atoms with Crippen molar-refractivity contribution in [3.63, 3.8) is 0 Å². The summed E-state index contributed by atoms with van der Waals surface area (Å²) in [6.07, 6.45) is -4.96. The Morgan fingerprint density at radius 2 is 1.95 bits per heavy atom. The second-order valence-electron chi connectivity index (χ2n) is 10.1. The maximum atomic E-state index is 14.7. The molecule has 2 heterocycles. The number of carbonyl (C=O) groups excluding carboxylic acids is 1. The van der Waals surface area contributed by atoms with E-state index < -0.39 is 24.9 Å². The summed E-state index contributed by atoms with van der Waals surface area (Å²) < 4.78 is 61.8. The monoisotopic (exact) mass is 559 g/mol. The number of likely N-dealkylation sites (tertiary alicyclic amines) is 1. The van der Waals surface area contributed by atoms with E-state index in [0.29, 0.717) is 46.6 Å². The van der Waals surface area contributed by atoms with E-state index in [2.05, 4.69) is 22.5 Å². The van der Waals surface area contributed by atoms with Crippen LogP contribution in [0.15, 0.2) is 42.5 Å². The zero-order chi connectivity index (χ0) is 29.0. The molecule has 0 bridgehead atoms. The number of hydrogen-bond acceptors (Lipinski definition) is 5. The molecular formula is C29H33F4N5O2. The van der Waals surface area contributed by atoms with Gasteiger partial charge in [-0.3, -0.25) is 4.79 Å². The van der Waals surface area contributed by atoms with E-state index in [1.165, 1.54) is 12.0 Å². The van der Waals surface area contributed by atoms with Gasteiger partial charge in [-0.25, -0.2) is 4.39 Å². The highest BCUT2D eigenvalue weighted by Crippen LogP contribution is 2.32. The van der Waals surface area contributed by atoms with Crippen LogP contribution < -0.4 is 15.4 Å². The number of anilines is 2. The summed E-state index contributed by atoms with van der Waals surface area (Å²) in [6.45, 7) is -0.0556. The maximum Gasteiger partial charge on any atom is 0.406 e. The molecule has 1 aliphatic heterocycles. The molecule has 1 aliphatic rings. The molecule has 0 spiro atoms. The second-order valence-corrected chi connectivity index (χ2v) is 10.1. The summed E-state index contributed by atoms with van der Waals surface area (Å²) in [5.74, 6) is 6.02. The summed E-state index contributed by atoms with van der Waals surface area (Å²) >= 11 is 0. The van der Waals surface area contributed by atoms with Gasteiger partial charge in [0.2, 0.25) is 0 Å². The number of ether oxygens (including phenoxy) is 1. The van der Waals surface area contributed by atoms with E-state index in [0.717, 1.165) is 11.1 Å². The highest BCUT2D eigenvalue weighted by atomic mass is 19.4. The van der Waals surface area contributed by atoms with Crippen LogP contribution in [0.4, 0.5) is 28.9 Å². The Kier molecular flexibility index (Phi) is 8.79. The molecule has 2 atom stereocenters. The first-order valence-electron chi connectivity index (χ1n) is 12.9. The Hall–Kier alpha value is -3.91. The summed E-state index contributed by atoms with van der Waals surface area (Å²) in [5, 5.41) is 6.87. The largest absolute Gasteiger partial charge is 0.495 e. The van der Waals surface area contributed by atoms with E-state index in [9.17, 15) is 22.4 Å². The molecule has 11 heteroatoms. The van der Waals surface area contributed by atoms with E-state index in [1.54, 1.807) is 56.6 Å². The van der Waals surface area contributed by atoms with Gasteiger partial charge in [0.25, 0.3) is 5.91 Å². The fraction of sp³-hybridized carbons (Fsp3) is 0.414. The van der Waals surface area contributed by atoms with Crippen molar-refractivity contribution in [2.24, 2.45) is 0 Å². The molecule has 7 nitrogen and oxygen atoms in total. The van der Waals surface area contributed by atoms with Crippen LogP contribution in [0, 0.1) is 11.8 Å². The summed E-state index contributed by atoms with van der Waals surface area (Å²) in [5.41, 5.74) is 2.19. The molecule has 1 amide bonds. The third-order valence-corrected chi connectivity index (χ3v) is 6.81. The Balaban J connectivity index is 1.59. The molecule has 4 rings (SSSR count). The molecule has 3 aromatic rings. The quantitative estimate of drug-likeness (QED) is 0.321. The molecule has 1 saturated heterocycles. The number of fused-ring (bicyclic) bond motifs is 1. The highest BCUT2D eigenvalue weighted by molar-refractivity contribution is 5.95. The number of nitrogens with zero attached hydrogens (tertiary/aromatic N) is 3. The van der Waals surface area contributed by atoms with Gasteiger partial charge in [0.15, 0.2) is 0 Å². The number of aromatic nitrogens is 1. The SMILES string of the molecule is COc1cc(C(=O)N(C)C)ccc1NCC#Cc1cc2c(N[C@H]3CCN(C)C[C@H]3F)cccc2n1CC(F)(F)F. The normalized spacial score (nSPS) is 17.7. The Labute approximate surface area is 231 Å². The van der Waals surface area contributed by atoms with Crippen LogP contribution in [-0.4, -0.2) is 86.6 Å². The minimum Gasteiger partial charge on any atom is -0.495 e. The summed E-state index contributed by atoms with van der Waals surface area (Å²) in [6, 6.07) is 11.2. The molecule has 0 saturated carbocycles. The van der Waals surface area contributed by atoms with Crippen molar-refractivity contribution in [2.45, 2.75) is 31.4 Å². The molecule has 1 fully saturated rings. The zero-order valence-corrected chi connectivity index (χ0v) is 22.9. The van der Waals surface area contributed by atoms with Crippen LogP contribution in [0.3, 0.4) is 0 Å².